The summed E-state index contributed by atoms with van der Waals surface area (Å²) in [5.41, 5.74) is 2.71. The number of carbonyl (C=O) groups is 1. The van der Waals surface area contributed by atoms with Crippen molar-refractivity contribution < 1.29 is 22.7 Å². The minimum atomic E-state index is -2.86. The summed E-state index contributed by atoms with van der Waals surface area (Å²) in [5.74, 6) is 0.494. The van der Waals surface area contributed by atoms with Crippen molar-refractivity contribution in [3.63, 3.8) is 0 Å². The summed E-state index contributed by atoms with van der Waals surface area (Å²) >= 11 is 1.16. The van der Waals surface area contributed by atoms with E-state index < -0.39 is 6.61 Å². The highest BCUT2D eigenvalue weighted by Gasteiger charge is 2.14. The highest BCUT2D eigenvalue weighted by molar-refractivity contribution is 7.99. The van der Waals surface area contributed by atoms with Gasteiger partial charge in [0.05, 0.1) is 5.75 Å². The molecule has 0 aliphatic carbocycles. The third-order valence-electron chi connectivity index (χ3n) is 3.98. The van der Waals surface area contributed by atoms with E-state index in [0.717, 1.165) is 28.5 Å². The van der Waals surface area contributed by atoms with Crippen LogP contribution in [-0.4, -0.2) is 40.4 Å². The van der Waals surface area contributed by atoms with Gasteiger partial charge in [-0.2, -0.15) is 8.78 Å². The van der Waals surface area contributed by atoms with Gasteiger partial charge in [-0.05, 0) is 36.8 Å². The average molecular weight is 419 g/mol. The van der Waals surface area contributed by atoms with E-state index in [1.165, 1.54) is 17.0 Å². The van der Waals surface area contributed by atoms with Gasteiger partial charge in [-0.25, -0.2) is 0 Å². The second-order valence-electron chi connectivity index (χ2n) is 6.30. The molecule has 152 valence electrons. The van der Waals surface area contributed by atoms with Crippen molar-refractivity contribution in [3.05, 3.63) is 59.7 Å². The number of thioether (sulfide) groups is 1. The molecule has 0 fully saturated rings. The average Bonchev–Trinajstić information content (AvgIpc) is 3.16. The van der Waals surface area contributed by atoms with Crippen molar-refractivity contribution in [3.8, 4) is 17.2 Å². The lowest BCUT2D eigenvalue weighted by Crippen LogP contribution is -2.27. The highest BCUT2D eigenvalue weighted by atomic mass is 32.2. The lowest BCUT2D eigenvalue weighted by molar-refractivity contribution is -0.127. The lowest BCUT2D eigenvalue weighted by atomic mass is 10.1. The number of alkyl halides is 2. The zero-order valence-corrected chi connectivity index (χ0v) is 16.7. The Bertz CT molecular complexity index is 964. The van der Waals surface area contributed by atoms with Gasteiger partial charge in [-0.15, -0.1) is 10.2 Å². The van der Waals surface area contributed by atoms with Gasteiger partial charge in [-0.1, -0.05) is 41.6 Å². The van der Waals surface area contributed by atoms with Crippen LogP contribution in [0.3, 0.4) is 0 Å². The van der Waals surface area contributed by atoms with Crippen molar-refractivity contribution in [2.75, 3.05) is 12.8 Å². The summed E-state index contributed by atoms with van der Waals surface area (Å²) in [5, 5.41) is 8.31. The first kappa shape index (κ1) is 20.8. The normalized spacial score (nSPS) is 10.9. The Morgan fingerprint density at radius 3 is 2.66 bits per heavy atom. The molecule has 0 aliphatic rings. The van der Waals surface area contributed by atoms with Crippen LogP contribution in [0, 0.1) is 6.92 Å². The summed E-state index contributed by atoms with van der Waals surface area (Å²) in [6.07, 6.45) is 0. The Labute approximate surface area is 170 Å². The van der Waals surface area contributed by atoms with E-state index in [4.69, 9.17) is 4.42 Å². The van der Waals surface area contributed by atoms with Gasteiger partial charge >= 0.3 is 6.61 Å². The number of nitrogens with zero attached hydrogens (tertiary/aromatic N) is 3. The first-order chi connectivity index (χ1) is 13.9. The maximum atomic E-state index is 12.3. The van der Waals surface area contributed by atoms with Gasteiger partial charge in [0, 0.05) is 19.2 Å². The summed E-state index contributed by atoms with van der Waals surface area (Å²) in [7, 11) is 1.67. The van der Waals surface area contributed by atoms with Crippen molar-refractivity contribution in [1.29, 1.82) is 0 Å². The number of carbonyl (C=O) groups excluding carboxylic acids is 1. The molecule has 3 rings (SSSR count). The van der Waals surface area contributed by atoms with Gasteiger partial charge in [0.25, 0.3) is 5.22 Å². The zero-order chi connectivity index (χ0) is 20.8. The standard InChI is InChI=1S/C20H19F2N3O3S/c1-13-4-3-5-15(10-13)18-23-24-20(28-18)29-12-17(26)25(2)11-14-6-8-16(9-7-14)27-19(21)22/h3-10,19H,11-12H2,1-2H3. The largest absolute Gasteiger partial charge is 0.435 e. The third kappa shape index (κ3) is 6.02. The molecule has 0 bridgehead atoms. The van der Waals surface area contributed by atoms with Gasteiger partial charge < -0.3 is 14.1 Å². The molecule has 0 N–H and O–H groups in total. The molecule has 6 nitrogen and oxygen atoms in total. The van der Waals surface area contributed by atoms with Crippen LogP contribution >= 0.6 is 11.8 Å². The number of halogens is 2. The van der Waals surface area contributed by atoms with E-state index in [0.29, 0.717) is 17.7 Å². The Hall–Kier alpha value is -2.94. The summed E-state index contributed by atoms with van der Waals surface area (Å²) in [4.78, 5) is 13.9. The molecular weight excluding hydrogens is 400 g/mol. The van der Waals surface area contributed by atoms with Crippen LogP contribution in [-0.2, 0) is 11.3 Å². The quantitative estimate of drug-likeness (QED) is 0.504. The van der Waals surface area contributed by atoms with Crippen LogP contribution in [0.1, 0.15) is 11.1 Å². The van der Waals surface area contributed by atoms with Crippen molar-refractivity contribution >= 4 is 17.7 Å². The molecule has 1 aromatic heterocycles. The first-order valence-corrected chi connectivity index (χ1v) is 9.70. The van der Waals surface area contributed by atoms with Crippen molar-refractivity contribution in [1.82, 2.24) is 15.1 Å². The van der Waals surface area contributed by atoms with Crippen molar-refractivity contribution in [2.24, 2.45) is 0 Å². The molecule has 0 aliphatic heterocycles. The number of ether oxygens (including phenoxy) is 1. The Balaban J connectivity index is 1.51. The number of aryl methyl sites for hydroxylation is 1. The van der Waals surface area contributed by atoms with Crippen molar-refractivity contribution in [2.45, 2.75) is 25.3 Å². The zero-order valence-electron chi connectivity index (χ0n) is 15.8. The molecule has 0 saturated carbocycles. The maximum Gasteiger partial charge on any atom is 0.387 e. The van der Waals surface area contributed by atoms with Gasteiger partial charge in [0.2, 0.25) is 11.8 Å². The first-order valence-electron chi connectivity index (χ1n) is 8.72. The van der Waals surface area contributed by atoms with E-state index in [1.807, 2.05) is 31.2 Å². The van der Waals surface area contributed by atoms with Crippen LogP contribution < -0.4 is 4.74 Å². The van der Waals surface area contributed by atoms with E-state index in [9.17, 15) is 13.6 Å². The number of hydrogen-bond donors (Lipinski definition) is 0. The number of amides is 1. The van der Waals surface area contributed by atoms with Crippen LogP contribution in [0.25, 0.3) is 11.5 Å². The SMILES string of the molecule is Cc1cccc(-c2nnc(SCC(=O)N(C)Cc3ccc(OC(F)F)cc3)o2)c1. The Morgan fingerprint density at radius 1 is 1.21 bits per heavy atom. The molecule has 2 aromatic carbocycles. The van der Waals surface area contributed by atoms with Gasteiger partial charge in [-0.3, -0.25) is 4.79 Å². The second kappa shape index (κ2) is 9.51. The molecule has 0 saturated heterocycles. The monoisotopic (exact) mass is 419 g/mol. The maximum absolute atomic E-state index is 12.3. The number of hydrogen-bond acceptors (Lipinski definition) is 6. The minimum absolute atomic E-state index is 0.0779. The molecule has 9 heteroatoms. The number of aromatic nitrogens is 2. The smallest absolute Gasteiger partial charge is 0.387 e. The summed E-state index contributed by atoms with van der Waals surface area (Å²) in [6, 6.07) is 13.9. The summed E-state index contributed by atoms with van der Waals surface area (Å²) in [6.45, 7) is -0.547. The van der Waals surface area contributed by atoms with E-state index >= 15 is 0 Å². The van der Waals surface area contributed by atoms with E-state index in [2.05, 4.69) is 14.9 Å². The molecule has 0 spiro atoms. The highest BCUT2D eigenvalue weighted by Crippen LogP contribution is 2.24. The fourth-order valence-corrected chi connectivity index (χ4v) is 3.24. The Morgan fingerprint density at radius 2 is 1.97 bits per heavy atom. The molecule has 0 unspecified atom stereocenters. The molecule has 3 aromatic rings. The summed E-state index contributed by atoms with van der Waals surface area (Å²) < 4.78 is 34.3. The van der Waals surface area contributed by atoms with Crippen LogP contribution in [0.15, 0.2) is 58.2 Å². The fraction of sp³-hybridized carbons (Fsp3) is 0.250. The number of rotatable bonds is 8. The predicted octanol–water partition coefficient (Wildman–Crippen LogP) is 4.40. The third-order valence-corrected chi connectivity index (χ3v) is 4.79. The van der Waals surface area contributed by atoms with E-state index in [-0.39, 0.29) is 17.4 Å². The second-order valence-corrected chi connectivity index (χ2v) is 7.23. The van der Waals surface area contributed by atoms with Gasteiger partial charge in [0.1, 0.15) is 5.75 Å². The molecule has 29 heavy (non-hydrogen) atoms. The molecule has 0 radical (unpaired) electrons. The molecule has 0 atom stereocenters. The van der Waals surface area contributed by atoms with Crippen LogP contribution in [0.4, 0.5) is 8.78 Å². The molecular formula is C20H19F2N3O3S. The van der Waals surface area contributed by atoms with Crippen LogP contribution in [0.5, 0.6) is 5.75 Å². The predicted molar refractivity (Wildman–Crippen MR) is 105 cm³/mol. The van der Waals surface area contributed by atoms with Crippen LogP contribution in [0.2, 0.25) is 0 Å². The van der Waals surface area contributed by atoms with Gasteiger partial charge in [0.15, 0.2) is 0 Å². The fourth-order valence-electron chi connectivity index (χ4n) is 2.53. The Kier molecular flexibility index (Phi) is 6.82. The lowest BCUT2D eigenvalue weighted by Gasteiger charge is -2.17. The number of benzene rings is 2. The van der Waals surface area contributed by atoms with E-state index in [1.54, 1.807) is 19.2 Å². The molecule has 1 amide bonds. The molecule has 1 heterocycles. The topological polar surface area (TPSA) is 68.5 Å². The minimum Gasteiger partial charge on any atom is -0.435 e.